The molecule has 2 saturated carbocycles. The molecule has 3 fully saturated rings. The number of benzene rings is 1. The molecule has 7 rings (SSSR count). The Bertz CT molecular complexity index is 1410. The van der Waals surface area contributed by atoms with E-state index in [-0.39, 0.29) is 34.7 Å². The second kappa shape index (κ2) is 8.76. The highest BCUT2D eigenvalue weighted by Gasteiger charge is 2.66. The molecule has 6 heteroatoms. The number of nitrogens with zero attached hydrogens (tertiary/aromatic N) is 2. The van der Waals surface area contributed by atoms with Crippen molar-refractivity contribution in [2.24, 2.45) is 11.3 Å². The molecule has 6 nitrogen and oxygen atoms in total. The molecule has 1 aromatic heterocycles. The molecular weight excluding hydrogens is 486 g/mol. The van der Waals surface area contributed by atoms with Crippen LogP contribution in [0.25, 0.3) is 10.8 Å². The Labute approximate surface area is 230 Å². The predicted molar refractivity (Wildman–Crippen MR) is 151 cm³/mol. The lowest BCUT2D eigenvalue weighted by atomic mass is 9.58. The van der Waals surface area contributed by atoms with Crippen LogP contribution in [0, 0.1) is 11.3 Å². The van der Waals surface area contributed by atoms with E-state index in [9.17, 15) is 9.59 Å². The Morgan fingerprint density at radius 3 is 2.87 bits per heavy atom. The van der Waals surface area contributed by atoms with Crippen molar-refractivity contribution in [1.29, 1.82) is 0 Å². The van der Waals surface area contributed by atoms with E-state index in [2.05, 4.69) is 53.6 Å². The fraction of sp³-hybridized carbons (Fsp3) is 0.545. The number of amides is 3. The number of aromatic nitrogens is 1. The van der Waals surface area contributed by atoms with Gasteiger partial charge in [-0.25, -0.2) is 4.79 Å². The fourth-order valence-corrected chi connectivity index (χ4v) is 9.11. The third-order valence-corrected chi connectivity index (χ3v) is 10.9. The average Bonchev–Trinajstić information content (AvgIpc) is 3.43. The maximum absolute atomic E-state index is 12.8. The molecule has 2 aromatic rings. The van der Waals surface area contributed by atoms with Crippen LogP contribution < -0.4 is 5.32 Å². The van der Waals surface area contributed by atoms with Gasteiger partial charge in [0.1, 0.15) is 0 Å². The fourth-order valence-electron chi connectivity index (χ4n) is 9.11. The van der Waals surface area contributed by atoms with Gasteiger partial charge in [-0.05, 0) is 110 Å². The van der Waals surface area contributed by atoms with Crippen LogP contribution in [-0.2, 0) is 9.53 Å². The topological polar surface area (TPSA) is 71.5 Å². The van der Waals surface area contributed by atoms with Crippen molar-refractivity contribution in [3.8, 4) is 0 Å². The summed E-state index contributed by atoms with van der Waals surface area (Å²) >= 11 is 0. The molecule has 1 saturated heterocycles. The van der Waals surface area contributed by atoms with E-state index >= 15 is 0 Å². The second-order valence-corrected chi connectivity index (χ2v) is 13.2. The van der Waals surface area contributed by atoms with Gasteiger partial charge < -0.3 is 10.1 Å². The third kappa shape index (κ3) is 3.60. The summed E-state index contributed by atoms with van der Waals surface area (Å²) in [6, 6.07) is 8.56. The monoisotopic (exact) mass is 525 g/mol. The number of ether oxygens (including phenoxy) is 1. The molecule has 3 heterocycles. The van der Waals surface area contributed by atoms with Gasteiger partial charge >= 0.3 is 6.03 Å². The molecule has 204 valence electrons. The standard InChI is InChI=1S/C33H39N3O3/c1-21(2)35-30(38)36(20-37)27-7-6-25-17-26-10-12-31(3)28(23-5-4-22-11-15-34-19-24(22)16-23)8-9-29(31)33(26)14-13-32(25,18-27)39-33/h4-5,10-11,15-17,19-21,27-29H,6-9,12-14,18H2,1-3H3,(H,35,38)/t27-,28?,29-,31?,32-,33-/m1/s1. The zero-order valence-electron chi connectivity index (χ0n) is 23.3. The summed E-state index contributed by atoms with van der Waals surface area (Å²) in [5.74, 6) is 0.928. The van der Waals surface area contributed by atoms with E-state index in [1.165, 1.54) is 38.8 Å². The predicted octanol–water partition coefficient (Wildman–Crippen LogP) is 6.42. The normalized spacial score (nSPS) is 36.5. The molecule has 2 aliphatic heterocycles. The maximum atomic E-state index is 12.8. The molecule has 2 bridgehead atoms. The van der Waals surface area contributed by atoms with E-state index in [1.54, 1.807) is 0 Å². The molecule has 6 atom stereocenters. The third-order valence-electron chi connectivity index (χ3n) is 10.9. The first-order chi connectivity index (χ1) is 18.8. The number of pyridine rings is 1. The molecule has 1 aromatic carbocycles. The number of carbonyl (C=O) groups is 2. The van der Waals surface area contributed by atoms with Crippen molar-refractivity contribution in [3.05, 3.63) is 65.5 Å². The van der Waals surface area contributed by atoms with Crippen molar-refractivity contribution in [3.63, 3.8) is 0 Å². The Morgan fingerprint density at radius 2 is 2.05 bits per heavy atom. The van der Waals surface area contributed by atoms with Crippen LogP contribution in [-0.4, -0.2) is 45.6 Å². The summed E-state index contributed by atoms with van der Waals surface area (Å²) < 4.78 is 7.38. The van der Waals surface area contributed by atoms with Gasteiger partial charge in [0.15, 0.2) is 0 Å². The highest BCUT2D eigenvalue weighted by molar-refractivity contribution is 5.85. The first-order valence-corrected chi connectivity index (χ1v) is 14.8. The van der Waals surface area contributed by atoms with Crippen LogP contribution in [0.3, 0.4) is 0 Å². The Kier molecular flexibility index (Phi) is 5.61. The Morgan fingerprint density at radius 1 is 1.18 bits per heavy atom. The molecule has 0 radical (unpaired) electrons. The Hall–Kier alpha value is -2.99. The minimum atomic E-state index is -0.370. The van der Waals surface area contributed by atoms with Crippen LogP contribution in [0.4, 0.5) is 4.79 Å². The van der Waals surface area contributed by atoms with Gasteiger partial charge in [-0.3, -0.25) is 14.7 Å². The summed E-state index contributed by atoms with van der Waals surface area (Å²) in [6.07, 6.45) is 17.2. The van der Waals surface area contributed by atoms with Crippen molar-refractivity contribution in [2.45, 2.75) is 101 Å². The number of carbonyl (C=O) groups excluding carboxylic acids is 2. The maximum Gasteiger partial charge on any atom is 0.324 e. The number of urea groups is 1. The number of imide groups is 1. The molecule has 1 N–H and O–H groups in total. The molecule has 2 unspecified atom stereocenters. The van der Waals surface area contributed by atoms with Gasteiger partial charge in [0.05, 0.1) is 11.2 Å². The average molecular weight is 526 g/mol. The lowest BCUT2D eigenvalue weighted by molar-refractivity contribution is -0.141. The van der Waals surface area contributed by atoms with Crippen LogP contribution in [0.5, 0.6) is 0 Å². The lowest BCUT2D eigenvalue weighted by Crippen LogP contribution is -2.56. The highest BCUT2D eigenvalue weighted by atomic mass is 16.5. The van der Waals surface area contributed by atoms with Crippen molar-refractivity contribution in [1.82, 2.24) is 15.2 Å². The zero-order valence-corrected chi connectivity index (χ0v) is 23.3. The van der Waals surface area contributed by atoms with Crippen LogP contribution in [0.15, 0.2) is 60.0 Å². The second-order valence-electron chi connectivity index (χ2n) is 13.2. The van der Waals surface area contributed by atoms with Gasteiger partial charge in [-0.1, -0.05) is 31.2 Å². The zero-order chi connectivity index (χ0) is 27.0. The van der Waals surface area contributed by atoms with Crippen molar-refractivity contribution >= 4 is 23.2 Å². The van der Waals surface area contributed by atoms with E-state index < -0.39 is 0 Å². The van der Waals surface area contributed by atoms with Crippen LogP contribution >= 0.6 is 0 Å². The largest absolute Gasteiger partial charge is 0.359 e. The minimum Gasteiger partial charge on any atom is -0.359 e. The smallest absolute Gasteiger partial charge is 0.324 e. The Balaban J connectivity index is 1.20. The number of rotatable bonds is 4. The molecular formula is C33H39N3O3. The highest BCUT2D eigenvalue weighted by Crippen LogP contribution is 2.69. The minimum absolute atomic E-state index is 0.0142. The van der Waals surface area contributed by atoms with Crippen LogP contribution in [0.1, 0.15) is 83.6 Å². The quantitative estimate of drug-likeness (QED) is 0.468. The van der Waals surface area contributed by atoms with Crippen molar-refractivity contribution in [2.75, 3.05) is 0 Å². The van der Waals surface area contributed by atoms with Gasteiger partial charge in [0.2, 0.25) is 6.41 Å². The van der Waals surface area contributed by atoms with Gasteiger partial charge in [-0.2, -0.15) is 0 Å². The number of allylic oxidation sites excluding steroid dienone is 1. The van der Waals surface area contributed by atoms with E-state index in [0.717, 1.165) is 38.5 Å². The van der Waals surface area contributed by atoms with E-state index in [1.807, 2.05) is 26.2 Å². The lowest BCUT2D eigenvalue weighted by Gasteiger charge is -2.54. The SMILES string of the molecule is CC(C)NC(=O)N(C=O)[C@@H]1CCC2=CC3=CCC4(C)C(c5ccc6ccncc6c5)CC[C@H]4[C@@]34CC[C@]2(C1)O4. The molecule has 5 aliphatic rings. The first kappa shape index (κ1) is 25.0. The van der Waals surface area contributed by atoms with Gasteiger partial charge in [-0.15, -0.1) is 0 Å². The molecule has 39 heavy (non-hydrogen) atoms. The molecule has 3 amide bonds. The summed E-state index contributed by atoms with van der Waals surface area (Å²) in [6.45, 7) is 6.33. The summed E-state index contributed by atoms with van der Waals surface area (Å²) in [7, 11) is 0. The van der Waals surface area contributed by atoms with Crippen molar-refractivity contribution < 1.29 is 14.3 Å². The molecule has 2 spiro atoms. The summed E-state index contributed by atoms with van der Waals surface area (Å²) in [4.78, 5) is 30.6. The number of hydrogen-bond donors (Lipinski definition) is 1. The number of hydrogen-bond acceptors (Lipinski definition) is 4. The molecule has 3 aliphatic carbocycles. The first-order valence-electron chi connectivity index (χ1n) is 14.8. The van der Waals surface area contributed by atoms with E-state index in [0.29, 0.717) is 24.7 Å². The number of fused-ring (bicyclic) bond motifs is 2. The summed E-state index contributed by atoms with van der Waals surface area (Å²) in [5.41, 5.74) is 3.66. The van der Waals surface area contributed by atoms with Gasteiger partial charge in [0.25, 0.3) is 0 Å². The number of nitrogens with one attached hydrogen (secondary N) is 1. The van der Waals surface area contributed by atoms with E-state index in [4.69, 9.17) is 4.74 Å². The van der Waals surface area contributed by atoms with Gasteiger partial charge in [0, 0.05) is 36.3 Å². The van der Waals surface area contributed by atoms with Crippen LogP contribution in [0.2, 0.25) is 0 Å². The summed E-state index contributed by atoms with van der Waals surface area (Å²) in [5, 5.41) is 5.35.